The first-order valence-electron chi connectivity index (χ1n) is 8.96. The second-order valence-corrected chi connectivity index (χ2v) is 5.99. The minimum Gasteiger partial charge on any atom is -0.490 e. The van der Waals surface area contributed by atoms with Crippen LogP contribution in [0, 0.1) is 0 Å². The molecular formula is C21H23N3O3. The number of nitrogens with one attached hydrogen (secondary N) is 1. The van der Waals surface area contributed by atoms with Gasteiger partial charge in [0.15, 0.2) is 18.1 Å². The highest BCUT2D eigenvalue weighted by atomic mass is 16.5. The number of aromatic nitrogens is 2. The van der Waals surface area contributed by atoms with E-state index in [-0.39, 0.29) is 12.5 Å². The van der Waals surface area contributed by atoms with Gasteiger partial charge >= 0.3 is 0 Å². The molecule has 1 aromatic heterocycles. The fourth-order valence-corrected chi connectivity index (χ4v) is 2.54. The maximum absolute atomic E-state index is 12.3. The lowest BCUT2D eigenvalue weighted by molar-refractivity contribution is -0.118. The minimum atomic E-state index is -0.255. The van der Waals surface area contributed by atoms with E-state index in [0.29, 0.717) is 30.5 Å². The van der Waals surface area contributed by atoms with E-state index < -0.39 is 0 Å². The van der Waals surface area contributed by atoms with E-state index in [1.807, 2.05) is 55.5 Å². The summed E-state index contributed by atoms with van der Waals surface area (Å²) >= 11 is 0. The molecule has 1 N–H and O–H groups in total. The van der Waals surface area contributed by atoms with Gasteiger partial charge < -0.3 is 14.8 Å². The number of amides is 1. The van der Waals surface area contributed by atoms with Gasteiger partial charge in [0.1, 0.15) is 5.82 Å². The molecule has 0 saturated heterocycles. The molecule has 0 aliphatic rings. The molecule has 1 amide bonds. The van der Waals surface area contributed by atoms with Gasteiger partial charge in [-0.25, -0.2) is 4.68 Å². The van der Waals surface area contributed by atoms with Gasteiger partial charge in [-0.15, -0.1) is 0 Å². The van der Waals surface area contributed by atoms with Gasteiger partial charge in [0.05, 0.1) is 19.3 Å². The summed E-state index contributed by atoms with van der Waals surface area (Å²) in [5.41, 5.74) is 1.11. The van der Waals surface area contributed by atoms with Crippen molar-refractivity contribution in [3.05, 3.63) is 72.4 Å². The van der Waals surface area contributed by atoms with Gasteiger partial charge in [0.2, 0.25) is 0 Å². The minimum absolute atomic E-state index is 0.108. The summed E-state index contributed by atoms with van der Waals surface area (Å²) in [5, 5.41) is 7.11. The predicted molar refractivity (Wildman–Crippen MR) is 104 cm³/mol. The van der Waals surface area contributed by atoms with E-state index >= 15 is 0 Å². The predicted octanol–water partition coefficient (Wildman–Crippen LogP) is 3.74. The molecule has 0 fully saturated rings. The third-order valence-electron chi connectivity index (χ3n) is 3.83. The molecule has 0 aliphatic heterocycles. The second kappa shape index (κ2) is 9.43. The van der Waals surface area contributed by atoms with E-state index in [1.165, 1.54) is 0 Å². The number of hydrogen-bond donors (Lipinski definition) is 1. The third kappa shape index (κ3) is 5.34. The normalized spacial score (nSPS) is 10.4. The van der Waals surface area contributed by atoms with Gasteiger partial charge in [-0.1, -0.05) is 49.4 Å². The van der Waals surface area contributed by atoms with Crippen LogP contribution in [0.2, 0.25) is 0 Å². The lowest BCUT2D eigenvalue weighted by Crippen LogP contribution is -2.22. The van der Waals surface area contributed by atoms with E-state index in [2.05, 4.69) is 10.4 Å². The van der Waals surface area contributed by atoms with Crippen molar-refractivity contribution in [2.75, 3.05) is 18.5 Å². The Morgan fingerprint density at radius 3 is 2.44 bits per heavy atom. The van der Waals surface area contributed by atoms with Crippen LogP contribution in [0.1, 0.15) is 18.9 Å². The quantitative estimate of drug-likeness (QED) is 0.627. The summed E-state index contributed by atoms with van der Waals surface area (Å²) < 4.78 is 13.0. The lowest BCUT2D eigenvalue weighted by Gasteiger charge is -2.13. The van der Waals surface area contributed by atoms with Crippen molar-refractivity contribution >= 4 is 11.7 Å². The number of nitrogens with zero attached hydrogens (tertiary/aromatic N) is 2. The number of carbonyl (C=O) groups is 1. The van der Waals surface area contributed by atoms with Crippen molar-refractivity contribution in [1.29, 1.82) is 0 Å². The number of rotatable bonds is 9. The van der Waals surface area contributed by atoms with Gasteiger partial charge in [0.25, 0.3) is 5.91 Å². The first-order valence-corrected chi connectivity index (χ1v) is 8.96. The number of hydrogen-bond acceptors (Lipinski definition) is 4. The van der Waals surface area contributed by atoms with Gasteiger partial charge in [-0.05, 0) is 24.1 Å². The van der Waals surface area contributed by atoms with Crippen LogP contribution in [0.3, 0.4) is 0 Å². The molecule has 0 unspecified atom stereocenters. The fourth-order valence-electron chi connectivity index (χ4n) is 2.54. The Hall–Kier alpha value is -3.28. The molecule has 2 aromatic carbocycles. The number of ether oxygens (including phenoxy) is 2. The Labute approximate surface area is 158 Å². The number of carbonyl (C=O) groups excluding carboxylic acids is 1. The molecule has 0 spiro atoms. The molecule has 27 heavy (non-hydrogen) atoms. The molecule has 0 bridgehead atoms. The van der Waals surface area contributed by atoms with Crippen LogP contribution in [0.15, 0.2) is 66.9 Å². The maximum atomic E-state index is 12.3. The molecule has 0 radical (unpaired) electrons. The number of para-hydroxylation sites is 2. The molecule has 0 aliphatic carbocycles. The van der Waals surface area contributed by atoms with E-state index in [0.717, 1.165) is 12.0 Å². The van der Waals surface area contributed by atoms with Crippen LogP contribution in [0.4, 0.5) is 5.82 Å². The molecule has 6 nitrogen and oxygen atoms in total. The van der Waals surface area contributed by atoms with Crippen molar-refractivity contribution in [2.24, 2.45) is 0 Å². The third-order valence-corrected chi connectivity index (χ3v) is 3.83. The molecule has 140 valence electrons. The Kier molecular flexibility index (Phi) is 6.46. The highest BCUT2D eigenvalue weighted by molar-refractivity contribution is 5.91. The highest BCUT2D eigenvalue weighted by Crippen LogP contribution is 2.26. The first kappa shape index (κ1) is 18.5. The van der Waals surface area contributed by atoms with Crippen molar-refractivity contribution in [3.63, 3.8) is 0 Å². The van der Waals surface area contributed by atoms with E-state index in [4.69, 9.17) is 9.47 Å². The Bertz CT molecular complexity index is 862. The first-order chi connectivity index (χ1) is 13.3. The lowest BCUT2D eigenvalue weighted by atomic mass is 10.2. The summed E-state index contributed by atoms with van der Waals surface area (Å²) in [5.74, 6) is 1.57. The fraction of sp³-hybridized carbons (Fsp3) is 0.238. The SMILES string of the molecule is CCCOc1ccccc1OCC(=O)Nc1ccnn1Cc1ccccc1. The molecule has 3 rings (SSSR count). The molecule has 3 aromatic rings. The monoisotopic (exact) mass is 365 g/mol. The Balaban J connectivity index is 1.57. The standard InChI is InChI=1S/C21H23N3O3/c1-2-14-26-18-10-6-7-11-19(18)27-16-21(25)23-20-12-13-22-24(20)15-17-8-4-3-5-9-17/h3-13H,2,14-16H2,1H3,(H,23,25). The van der Waals surface area contributed by atoms with Crippen LogP contribution < -0.4 is 14.8 Å². The summed E-state index contributed by atoms with van der Waals surface area (Å²) in [7, 11) is 0. The van der Waals surface area contributed by atoms with Crippen LogP contribution in [-0.4, -0.2) is 28.9 Å². The zero-order valence-electron chi connectivity index (χ0n) is 15.3. The van der Waals surface area contributed by atoms with E-state index in [9.17, 15) is 4.79 Å². The smallest absolute Gasteiger partial charge is 0.263 e. The maximum Gasteiger partial charge on any atom is 0.263 e. The van der Waals surface area contributed by atoms with Crippen molar-refractivity contribution in [3.8, 4) is 11.5 Å². The van der Waals surface area contributed by atoms with Crippen molar-refractivity contribution in [2.45, 2.75) is 19.9 Å². The summed E-state index contributed by atoms with van der Waals surface area (Å²) in [4.78, 5) is 12.3. The van der Waals surface area contributed by atoms with Gasteiger partial charge in [-0.3, -0.25) is 4.79 Å². The largest absolute Gasteiger partial charge is 0.490 e. The van der Waals surface area contributed by atoms with Gasteiger partial charge in [0, 0.05) is 6.07 Å². The number of benzene rings is 2. The van der Waals surface area contributed by atoms with E-state index in [1.54, 1.807) is 23.0 Å². The van der Waals surface area contributed by atoms with Gasteiger partial charge in [-0.2, -0.15) is 5.10 Å². The highest BCUT2D eigenvalue weighted by Gasteiger charge is 2.10. The van der Waals surface area contributed by atoms with Crippen LogP contribution in [0.25, 0.3) is 0 Å². The Morgan fingerprint density at radius 1 is 1.00 bits per heavy atom. The van der Waals surface area contributed by atoms with Crippen LogP contribution >= 0.6 is 0 Å². The summed E-state index contributed by atoms with van der Waals surface area (Å²) in [6.07, 6.45) is 2.56. The summed E-state index contributed by atoms with van der Waals surface area (Å²) in [6, 6.07) is 19.1. The molecule has 0 atom stereocenters. The summed E-state index contributed by atoms with van der Waals surface area (Å²) in [6.45, 7) is 3.11. The topological polar surface area (TPSA) is 65.4 Å². The van der Waals surface area contributed by atoms with Crippen molar-refractivity contribution in [1.82, 2.24) is 9.78 Å². The zero-order chi connectivity index (χ0) is 18.9. The molecular weight excluding hydrogens is 342 g/mol. The Morgan fingerprint density at radius 2 is 1.70 bits per heavy atom. The molecule has 1 heterocycles. The average Bonchev–Trinajstić information content (AvgIpc) is 3.12. The molecule has 6 heteroatoms. The second-order valence-electron chi connectivity index (χ2n) is 5.99. The zero-order valence-corrected chi connectivity index (χ0v) is 15.3. The van der Waals surface area contributed by atoms with Crippen molar-refractivity contribution < 1.29 is 14.3 Å². The van der Waals surface area contributed by atoms with Crippen LogP contribution in [0.5, 0.6) is 11.5 Å². The number of anilines is 1. The average molecular weight is 365 g/mol. The molecule has 0 saturated carbocycles. The van der Waals surface area contributed by atoms with Crippen LogP contribution in [-0.2, 0) is 11.3 Å².